The first-order valence-electron chi connectivity index (χ1n) is 9.01. The standard InChI is InChI=1S/C22H28N2O2/c1-15(2)10-11-26-20-8-6-19(7-9-20)22(25)24-23-14-21-17(4)12-16(3)13-18(21)5/h6-9,12-15H,10-11H2,1-5H3,(H,24,25)/b23-14+. The Kier molecular flexibility index (Phi) is 6.96. The SMILES string of the molecule is Cc1cc(C)c(/C=N/NC(=O)c2ccc(OCCC(C)C)cc2)c(C)c1. The van der Waals surface area contributed by atoms with E-state index in [4.69, 9.17) is 4.74 Å². The van der Waals surface area contributed by atoms with Crippen molar-refractivity contribution in [3.63, 3.8) is 0 Å². The number of ether oxygens (including phenoxy) is 1. The van der Waals surface area contributed by atoms with E-state index in [1.807, 2.05) is 26.0 Å². The highest BCUT2D eigenvalue weighted by Gasteiger charge is 2.05. The molecule has 0 aromatic heterocycles. The van der Waals surface area contributed by atoms with Crippen molar-refractivity contribution < 1.29 is 9.53 Å². The van der Waals surface area contributed by atoms with Crippen molar-refractivity contribution in [2.45, 2.75) is 41.0 Å². The highest BCUT2D eigenvalue weighted by Crippen LogP contribution is 2.15. The van der Waals surface area contributed by atoms with Crippen molar-refractivity contribution in [2.75, 3.05) is 6.61 Å². The van der Waals surface area contributed by atoms with Gasteiger partial charge in [-0.05, 0) is 68.5 Å². The van der Waals surface area contributed by atoms with Crippen molar-refractivity contribution in [2.24, 2.45) is 11.0 Å². The molecule has 2 aromatic rings. The van der Waals surface area contributed by atoms with E-state index in [-0.39, 0.29) is 5.91 Å². The van der Waals surface area contributed by atoms with Crippen molar-refractivity contribution in [1.29, 1.82) is 0 Å². The number of hydrogen-bond donors (Lipinski definition) is 1. The molecule has 0 heterocycles. The van der Waals surface area contributed by atoms with Crippen LogP contribution in [0, 0.1) is 26.7 Å². The molecule has 0 aliphatic heterocycles. The summed E-state index contributed by atoms with van der Waals surface area (Å²) in [5.74, 6) is 1.15. The maximum absolute atomic E-state index is 12.2. The Labute approximate surface area is 156 Å². The quantitative estimate of drug-likeness (QED) is 0.575. The molecule has 0 saturated carbocycles. The fourth-order valence-corrected chi connectivity index (χ4v) is 2.73. The van der Waals surface area contributed by atoms with Gasteiger partial charge < -0.3 is 4.74 Å². The minimum Gasteiger partial charge on any atom is -0.494 e. The summed E-state index contributed by atoms with van der Waals surface area (Å²) in [6, 6.07) is 11.3. The van der Waals surface area contributed by atoms with Gasteiger partial charge in [0, 0.05) is 11.1 Å². The molecular formula is C22H28N2O2. The third kappa shape index (κ3) is 5.73. The summed E-state index contributed by atoms with van der Waals surface area (Å²) in [5.41, 5.74) is 7.67. The summed E-state index contributed by atoms with van der Waals surface area (Å²) >= 11 is 0. The van der Waals surface area contributed by atoms with E-state index in [1.54, 1.807) is 18.3 Å². The van der Waals surface area contributed by atoms with Crippen LogP contribution in [0.15, 0.2) is 41.5 Å². The molecule has 0 fully saturated rings. The van der Waals surface area contributed by atoms with Crippen molar-refractivity contribution in [3.05, 3.63) is 64.2 Å². The number of carbonyl (C=O) groups is 1. The highest BCUT2D eigenvalue weighted by atomic mass is 16.5. The maximum atomic E-state index is 12.2. The van der Waals surface area contributed by atoms with Gasteiger partial charge in [0.1, 0.15) is 5.75 Å². The summed E-state index contributed by atoms with van der Waals surface area (Å²) in [7, 11) is 0. The van der Waals surface area contributed by atoms with Gasteiger partial charge in [-0.2, -0.15) is 5.10 Å². The zero-order valence-electron chi connectivity index (χ0n) is 16.3. The number of nitrogens with zero attached hydrogens (tertiary/aromatic N) is 1. The Balaban J connectivity index is 1.94. The summed E-state index contributed by atoms with van der Waals surface area (Å²) in [6.45, 7) is 11.2. The molecule has 1 N–H and O–H groups in total. The Hall–Kier alpha value is -2.62. The Morgan fingerprint density at radius 1 is 1.12 bits per heavy atom. The first-order chi connectivity index (χ1) is 12.4. The van der Waals surface area contributed by atoms with Crippen LogP contribution >= 0.6 is 0 Å². The second-order valence-electron chi connectivity index (χ2n) is 7.07. The highest BCUT2D eigenvalue weighted by molar-refractivity contribution is 5.95. The normalized spacial score (nSPS) is 11.2. The van der Waals surface area contributed by atoms with Crippen LogP contribution in [0.2, 0.25) is 0 Å². The van der Waals surface area contributed by atoms with E-state index in [0.29, 0.717) is 18.1 Å². The lowest BCUT2D eigenvalue weighted by Crippen LogP contribution is -2.17. The lowest BCUT2D eigenvalue weighted by molar-refractivity contribution is 0.0955. The molecule has 2 aromatic carbocycles. The zero-order chi connectivity index (χ0) is 19.1. The molecule has 2 rings (SSSR count). The molecule has 4 heteroatoms. The van der Waals surface area contributed by atoms with Gasteiger partial charge in [-0.3, -0.25) is 4.79 Å². The van der Waals surface area contributed by atoms with Gasteiger partial charge >= 0.3 is 0 Å². The number of rotatable bonds is 7. The topological polar surface area (TPSA) is 50.7 Å². The lowest BCUT2D eigenvalue weighted by Gasteiger charge is -2.08. The molecule has 1 amide bonds. The number of amides is 1. The second kappa shape index (κ2) is 9.18. The van der Waals surface area contributed by atoms with E-state index in [1.165, 1.54) is 5.56 Å². The van der Waals surface area contributed by atoms with E-state index >= 15 is 0 Å². The van der Waals surface area contributed by atoms with E-state index < -0.39 is 0 Å². The van der Waals surface area contributed by atoms with Crippen LogP contribution in [-0.2, 0) is 0 Å². The summed E-state index contributed by atoms with van der Waals surface area (Å²) in [4.78, 5) is 12.2. The van der Waals surface area contributed by atoms with Gasteiger partial charge in [-0.1, -0.05) is 31.5 Å². The molecule has 138 valence electrons. The van der Waals surface area contributed by atoms with Gasteiger partial charge in [0.15, 0.2) is 0 Å². The molecule has 0 aliphatic rings. The number of nitrogens with one attached hydrogen (secondary N) is 1. The van der Waals surface area contributed by atoms with Crippen LogP contribution in [0.4, 0.5) is 0 Å². The number of aryl methyl sites for hydroxylation is 3. The average molecular weight is 352 g/mol. The van der Waals surface area contributed by atoms with Crippen molar-refractivity contribution in [1.82, 2.24) is 5.43 Å². The van der Waals surface area contributed by atoms with Crippen LogP contribution < -0.4 is 10.2 Å². The van der Waals surface area contributed by atoms with Crippen LogP contribution in [0.1, 0.15) is 52.9 Å². The average Bonchev–Trinajstić information content (AvgIpc) is 2.57. The van der Waals surface area contributed by atoms with Crippen LogP contribution in [0.3, 0.4) is 0 Å². The molecule has 0 atom stereocenters. The van der Waals surface area contributed by atoms with Crippen molar-refractivity contribution >= 4 is 12.1 Å². The smallest absolute Gasteiger partial charge is 0.271 e. The third-order valence-electron chi connectivity index (χ3n) is 4.18. The summed E-state index contributed by atoms with van der Waals surface area (Å²) in [5, 5.41) is 4.10. The minimum atomic E-state index is -0.239. The third-order valence-corrected chi connectivity index (χ3v) is 4.18. The summed E-state index contributed by atoms with van der Waals surface area (Å²) in [6.07, 6.45) is 2.71. The molecule has 26 heavy (non-hydrogen) atoms. The number of benzene rings is 2. The van der Waals surface area contributed by atoms with Gasteiger partial charge in [-0.25, -0.2) is 5.43 Å². The predicted molar refractivity (Wildman–Crippen MR) is 107 cm³/mol. The van der Waals surface area contributed by atoms with Gasteiger partial charge in [0.25, 0.3) is 5.91 Å². The van der Waals surface area contributed by atoms with Crippen LogP contribution in [-0.4, -0.2) is 18.7 Å². The minimum absolute atomic E-state index is 0.239. The van der Waals surface area contributed by atoms with E-state index in [2.05, 4.69) is 43.4 Å². The molecule has 0 unspecified atom stereocenters. The molecule has 0 saturated heterocycles. The number of carbonyl (C=O) groups excluding carboxylic acids is 1. The monoisotopic (exact) mass is 352 g/mol. The first kappa shape index (κ1) is 19.7. The molecular weight excluding hydrogens is 324 g/mol. The van der Waals surface area contributed by atoms with Gasteiger partial charge in [0.2, 0.25) is 0 Å². The predicted octanol–water partition coefficient (Wildman–Crippen LogP) is 4.80. The molecule has 4 nitrogen and oxygen atoms in total. The molecule has 0 bridgehead atoms. The number of hydrogen-bond acceptors (Lipinski definition) is 3. The molecule has 0 spiro atoms. The lowest BCUT2D eigenvalue weighted by atomic mass is 10.0. The largest absolute Gasteiger partial charge is 0.494 e. The van der Waals surface area contributed by atoms with Crippen LogP contribution in [0.5, 0.6) is 5.75 Å². The fourth-order valence-electron chi connectivity index (χ4n) is 2.73. The Bertz CT molecular complexity index is 754. The van der Waals surface area contributed by atoms with Gasteiger partial charge in [0.05, 0.1) is 12.8 Å². The fraction of sp³-hybridized carbons (Fsp3) is 0.364. The molecule has 0 radical (unpaired) electrons. The zero-order valence-corrected chi connectivity index (χ0v) is 16.3. The maximum Gasteiger partial charge on any atom is 0.271 e. The Morgan fingerprint density at radius 3 is 2.31 bits per heavy atom. The Morgan fingerprint density at radius 2 is 1.73 bits per heavy atom. The first-order valence-corrected chi connectivity index (χ1v) is 9.01. The van der Waals surface area contributed by atoms with Gasteiger partial charge in [-0.15, -0.1) is 0 Å². The van der Waals surface area contributed by atoms with Crippen LogP contribution in [0.25, 0.3) is 0 Å². The summed E-state index contributed by atoms with van der Waals surface area (Å²) < 4.78 is 5.67. The van der Waals surface area contributed by atoms with E-state index in [0.717, 1.165) is 28.9 Å². The number of hydrazone groups is 1. The van der Waals surface area contributed by atoms with Crippen molar-refractivity contribution in [3.8, 4) is 5.75 Å². The molecule has 0 aliphatic carbocycles. The second-order valence-corrected chi connectivity index (χ2v) is 7.07. The van der Waals surface area contributed by atoms with E-state index in [9.17, 15) is 4.79 Å².